The van der Waals surface area contributed by atoms with Gasteiger partial charge in [-0.3, -0.25) is 9.78 Å². The highest BCUT2D eigenvalue weighted by molar-refractivity contribution is 6.35. The Morgan fingerprint density at radius 2 is 2.05 bits per heavy atom. The maximum absolute atomic E-state index is 12.1. The van der Waals surface area contributed by atoms with Crippen molar-refractivity contribution < 1.29 is 9.53 Å². The van der Waals surface area contributed by atoms with E-state index >= 15 is 0 Å². The summed E-state index contributed by atoms with van der Waals surface area (Å²) in [6.45, 7) is 3.61. The van der Waals surface area contributed by atoms with E-state index in [1.807, 2.05) is 32.0 Å². The van der Waals surface area contributed by atoms with E-state index in [1.54, 1.807) is 24.4 Å². The lowest BCUT2D eigenvalue weighted by Crippen LogP contribution is -2.43. The Morgan fingerprint density at radius 1 is 1.27 bits per heavy atom. The molecule has 4 nitrogen and oxygen atoms in total. The highest BCUT2D eigenvalue weighted by Gasteiger charge is 2.24. The average Bonchev–Trinajstić information content (AvgIpc) is 2.47. The average molecular weight is 339 g/mol. The molecule has 116 valence electrons. The van der Waals surface area contributed by atoms with E-state index in [1.165, 1.54) is 0 Å². The molecule has 0 aliphatic heterocycles. The molecule has 1 N–H and O–H groups in total. The number of amides is 1. The van der Waals surface area contributed by atoms with Gasteiger partial charge in [0.1, 0.15) is 5.75 Å². The van der Waals surface area contributed by atoms with Gasteiger partial charge in [0.15, 0.2) is 6.61 Å². The standard InChI is InChI=1S/C16H16Cl2N2O2/c1-16(2,14-5-3-4-8-19-14)20-15(21)10-22-13-7-6-11(17)9-12(13)18/h3-9H,10H2,1-2H3,(H,20,21). The van der Waals surface area contributed by atoms with Crippen molar-refractivity contribution in [3.8, 4) is 5.75 Å². The molecule has 1 aromatic carbocycles. The first-order valence-corrected chi connectivity index (χ1v) is 7.44. The molecule has 2 aromatic rings. The first-order valence-electron chi connectivity index (χ1n) is 6.69. The summed E-state index contributed by atoms with van der Waals surface area (Å²) in [5.74, 6) is 0.151. The molecule has 1 amide bonds. The number of nitrogens with one attached hydrogen (secondary N) is 1. The van der Waals surface area contributed by atoms with E-state index in [-0.39, 0.29) is 12.5 Å². The van der Waals surface area contributed by atoms with Crippen LogP contribution in [0.25, 0.3) is 0 Å². The van der Waals surface area contributed by atoms with Crippen LogP contribution >= 0.6 is 23.2 Å². The molecule has 22 heavy (non-hydrogen) atoms. The minimum atomic E-state index is -0.592. The normalized spacial score (nSPS) is 11.1. The molecule has 0 saturated carbocycles. The van der Waals surface area contributed by atoms with Gasteiger partial charge in [0.05, 0.1) is 16.3 Å². The van der Waals surface area contributed by atoms with E-state index in [0.717, 1.165) is 5.69 Å². The van der Waals surface area contributed by atoms with Gasteiger partial charge in [-0.2, -0.15) is 0 Å². The number of halogens is 2. The van der Waals surface area contributed by atoms with E-state index in [9.17, 15) is 4.79 Å². The van der Waals surface area contributed by atoms with Crippen molar-refractivity contribution in [2.75, 3.05) is 6.61 Å². The number of ether oxygens (including phenoxy) is 1. The van der Waals surface area contributed by atoms with Gasteiger partial charge >= 0.3 is 0 Å². The fourth-order valence-electron chi connectivity index (χ4n) is 1.92. The monoisotopic (exact) mass is 338 g/mol. The Bertz CT molecular complexity index is 660. The number of aromatic nitrogens is 1. The van der Waals surface area contributed by atoms with Gasteiger partial charge < -0.3 is 10.1 Å². The van der Waals surface area contributed by atoms with Crippen LogP contribution in [0.2, 0.25) is 10.0 Å². The molecule has 0 fully saturated rings. The molecule has 0 atom stereocenters. The second-order valence-corrected chi connectivity index (χ2v) is 6.10. The molecule has 0 unspecified atom stereocenters. The summed E-state index contributed by atoms with van der Waals surface area (Å²) in [5.41, 5.74) is 0.179. The lowest BCUT2D eigenvalue weighted by Gasteiger charge is -2.25. The second-order valence-electron chi connectivity index (χ2n) is 5.25. The van der Waals surface area contributed by atoms with E-state index in [4.69, 9.17) is 27.9 Å². The number of carbonyl (C=O) groups excluding carboxylic acids is 1. The molecule has 0 aliphatic rings. The summed E-state index contributed by atoms with van der Waals surface area (Å²) < 4.78 is 5.41. The third kappa shape index (κ3) is 4.36. The summed E-state index contributed by atoms with van der Waals surface area (Å²) in [5, 5.41) is 3.76. The van der Waals surface area contributed by atoms with Gasteiger partial charge in [-0.05, 0) is 44.2 Å². The predicted molar refractivity (Wildman–Crippen MR) is 87.4 cm³/mol. The van der Waals surface area contributed by atoms with Crippen LogP contribution in [0, 0.1) is 0 Å². The summed E-state index contributed by atoms with van der Waals surface area (Å²) in [4.78, 5) is 16.3. The number of nitrogens with zero attached hydrogens (tertiary/aromatic N) is 1. The molecule has 0 spiro atoms. The highest BCUT2D eigenvalue weighted by atomic mass is 35.5. The summed E-state index contributed by atoms with van der Waals surface area (Å²) in [6, 6.07) is 10.4. The first kappa shape index (κ1) is 16.6. The maximum Gasteiger partial charge on any atom is 0.258 e. The predicted octanol–water partition coefficient (Wildman–Crippen LogP) is 3.82. The Hall–Kier alpha value is -1.78. The van der Waals surface area contributed by atoms with Crippen LogP contribution in [0.3, 0.4) is 0 Å². The Labute approximate surface area is 139 Å². The number of rotatable bonds is 5. The lowest BCUT2D eigenvalue weighted by atomic mass is 10.00. The largest absolute Gasteiger partial charge is 0.482 e. The minimum absolute atomic E-state index is 0.141. The smallest absolute Gasteiger partial charge is 0.258 e. The van der Waals surface area contributed by atoms with Gasteiger partial charge in [-0.25, -0.2) is 0 Å². The molecular weight excluding hydrogens is 323 g/mol. The van der Waals surface area contributed by atoms with Crippen LogP contribution in [-0.2, 0) is 10.3 Å². The van der Waals surface area contributed by atoms with Crippen molar-refractivity contribution in [3.05, 3.63) is 58.3 Å². The fourth-order valence-corrected chi connectivity index (χ4v) is 2.38. The zero-order valence-electron chi connectivity index (χ0n) is 12.3. The zero-order chi connectivity index (χ0) is 16.2. The van der Waals surface area contributed by atoms with Gasteiger partial charge in [0.25, 0.3) is 5.91 Å². The van der Waals surface area contributed by atoms with E-state index < -0.39 is 5.54 Å². The maximum atomic E-state index is 12.1. The first-order chi connectivity index (χ1) is 10.4. The second kappa shape index (κ2) is 6.99. The minimum Gasteiger partial charge on any atom is -0.482 e. The highest BCUT2D eigenvalue weighted by Crippen LogP contribution is 2.27. The Kier molecular flexibility index (Phi) is 5.27. The SMILES string of the molecule is CC(C)(NC(=O)COc1ccc(Cl)cc1Cl)c1ccccn1. The number of hydrogen-bond donors (Lipinski definition) is 1. The summed E-state index contributed by atoms with van der Waals surface area (Å²) in [6.07, 6.45) is 1.69. The molecule has 6 heteroatoms. The Morgan fingerprint density at radius 3 is 2.68 bits per heavy atom. The van der Waals surface area contributed by atoms with Gasteiger partial charge in [0, 0.05) is 11.2 Å². The van der Waals surface area contributed by atoms with Crippen molar-refractivity contribution in [3.63, 3.8) is 0 Å². The van der Waals surface area contributed by atoms with Crippen LogP contribution in [0.15, 0.2) is 42.6 Å². The molecule has 1 aromatic heterocycles. The quantitative estimate of drug-likeness (QED) is 0.901. The van der Waals surface area contributed by atoms with E-state index in [0.29, 0.717) is 15.8 Å². The van der Waals surface area contributed by atoms with Crippen molar-refractivity contribution in [2.24, 2.45) is 0 Å². The van der Waals surface area contributed by atoms with Crippen LogP contribution in [-0.4, -0.2) is 17.5 Å². The van der Waals surface area contributed by atoms with Crippen LogP contribution < -0.4 is 10.1 Å². The molecular formula is C16H16Cl2N2O2. The van der Waals surface area contributed by atoms with Crippen LogP contribution in [0.1, 0.15) is 19.5 Å². The number of pyridine rings is 1. The Balaban J connectivity index is 1.95. The van der Waals surface area contributed by atoms with Crippen molar-refractivity contribution in [1.82, 2.24) is 10.3 Å². The topological polar surface area (TPSA) is 51.2 Å². The summed E-state index contributed by atoms with van der Waals surface area (Å²) in [7, 11) is 0. The number of hydrogen-bond acceptors (Lipinski definition) is 3. The number of benzene rings is 1. The number of carbonyl (C=O) groups is 1. The third-order valence-electron chi connectivity index (χ3n) is 3.01. The molecule has 0 bridgehead atoms. The van der Waals surface area contributed by atoms with Gasteiger partial charge in [0.2, 0.25) is 0 Å². The van der Waals surface area contributed by atoms with Gasteiger partial charge in [-0.15, -0.1) is 0 Å². The zero-order valence-corrected chi connectivity index (χ0v) is 13.8. The summed E-state index contributed by atoms with van der Waals surface area (Å²) >= 11 is 11.8. The molecule has 0 aliphatic carbocycles. The molecule has 0 radical (unpaired) electrons. The van der Waals surface area contributed by atoms with Crippen molar-refractivity contribution in [1.29, 1.82) is 0 Å². The molecule has 2 rings (SSSR count). The molecule has 1 heterocycles. The third-order valence-corrected chi connectivity index (χ3v) is 3.54. The van der Waals surface area contributed by atoms with E-state index in [2.05, 4.69) is 10.3 Å². The fraction of sp³-hybridized carbons (Fsp3) is 0.250. The van der Waals surface area contributed by atoms with Crippen molar-refractivity contribution in [2.45, 2.75) is 19.4 Å². The van der Waals surface area contributed by atoms with Crippen LogP contribution in [0.5, 0.6) is 5.75 Å². The lowest BCUT2D eigenvalue weighted by molar-refractivity contribution is -0.124. The van der Waals surface area contributed by atoms with Crippen LogP contribution in [0.4, 0.5) is 0 Å². The molecule has 0 saturated heterocycles. The van der Waals surface area contributed by atoms with Gasteiger partial charge in [-0.1, -0.05) is 29.3 Å². The van der Waals surface area contributed by atoms with Crippen molar-refractivity contribution >= 4 is 29.1 Å².